The van der Waals surface area contributed by atoms with Crippen molar-refractivity contribution >= 4 is 0 Å². The Bertz CT molecular complexity index is 13.6. The van der Waals surface area contributed by atoms with Crippen LogP contribution in [0, 0.1) is 35.6 Å². The van der Waals surface area contributed by atoms with Crippen LogP contribution in [0.5, 0.6) is 0 Å². The van der Waals surface area contributed by atoms with E-state index in [0.717, 1.165) is 21.3 Å². The Morgan fingerprint density at radius 2 is 0.800 bits per heavy atom. The van der Waals surface area contributed by atoms with Crippen molar-refractivity contribution < 1.29 is 56.0 Å². The van der Waals surface area contributed by atoms with Crippen LogP contribution in [0.2, 0.25) is 0 Å². The molecule has 0 saturated heterocycles. The predicted octanol–water partition coefficient (Wildman–Crippen LogP) is -1.18. The first-order valence-corrected chi connectivity index (χ1v) is 2.36. The molecule has 0 bridgehead atoms. The summed E-state index contributed by atoms with van der Waals surface area (Å²) in [6, 6.07) is 0. The second kappa shape index (κ2) is 198. The Hall–Kier alpha value is 1.03. The molecule has 4 nitrogen and oxygen atoms in total. The van der Waals surface area contributed by atoms with Crippen LogP contribution in [-0.4, -0.2) is 48.4 Å². The Balaban J connectivity index is -0.0000000110. The topological polar surface area (TPSA) is 80.9 Å². The third kappa shape index (κ3) is 545. The molecule has 0 unspecified atom stereocenters. The zero-order chi connectivity index (χ0) is 8.71. The van der Waals surface area contributed by atoms with E-state index in [9.17, 15) is 0 Å². The molecule has 10 heavy (non-hydrogen) atoms. The van der Waals surface area contributed by atoms with Gasteiger partial charge in [-0.15, -0.1) is 0 Å². The van der Waals surface area contributed by atoms with Crippen molar-refractivity contribution in [3.05, 3.63) is 0 Å². The van der Waals surface area contributed by atoms with Gasteiger partial charge >= 0.3 is 0 Å². The maximum atomic E-state index is 7.57. The second-order valence-corrected chi connectivity index (χ2v) is 0.316. The van der Waals surface area contributed by atoms with Gasteiger partial charge in [0.2, 0.25) is 0 Å². The minimum absolute atomic E-state index is 0. The first-order chi connectivity index (χ1) is 4.41. The number of aliphatic hydroxyl groups excluding tert-OH is 4. The summed E-state index contributed by atoms with van der Waals surface area (Å²) in [4.78, 5) is 0. The van der Waals surface area contributed by atoms with Crippen LogP contribution in [0.4, 0.5) is 0 Å². The van der Waals surface area contributed by atoms with Gasteiger partial charge < -0.3 is 20.4 Å². The van der Waals surface area contributed by atoms with Gasteiger partial charge in [0.25, 0.3) is 0 Å². The molecule has 0 aliphatic carbocycles. The molecule has 0 aromatic carbocycles. The number of hydrogen-bond donors (Lipinski definition) is 4. The van der Waals surface area contributed by atoms with E-state index in [0.29, 0.717) is 0 Å². The fourth-order valence-electron chi connectivity index (χ4n) is 0. The van der Waals surface area contributed by atoms with E-state index >= 15 is 0 Å². The zero-order valence-corrected chi connectivity index (χ0v) is 10.7. The Morgan fingerprint density at radius 3 is 0.800 bits per heavy atom. The van der Waals surface area contributed by atoms with Crippen LogP contribution in [-0.2, 0) is 0 Å². The number of rotatable bonds is 0. The molecular weight excluding hydrogens is 263 g/mol. The van der Waals surface area contributed by atoms with Crippen LogP contribution in [0.1, 0.15) is 6.92 Å². The van der Waals surface area contributed by atoms with Gasteiger partial charge in [-0.25, -0.2) is 0 Å². The molecule has 0 heterocycles. The molecule has 65 valence electrons. The molecule has 0 saturated carbocycles. The van der Waals surface area contributed by atoms with Crippen LogP contribution in [0.3, 0.4) is 0 Å². The predicted molar refractivity (Wildman–Crippen MR) is 37.2 cm³/mol. The summed E-state index contributed by atoms with van der Waals surface area (Å²) in [7, 11) is 3.00. The van der Waals surface area contributed by atoms with E-state index in [1.165, 1.54) is 0 Å². The molecule has 0 fully saturated rings. The van der Waals surface area contributed by atoms with Crippen molar-refractivity contribution in [2.75, 3.05) is 27.9 Å². The summed E-state index contributed by atoms with van der Waals surface area (Å²) in [6.45, 7) is 1.93. The Labute approximate surface area is 90.5 Å². The smallest absolute Gasteiger partial charge is 0.0402 e. The van der Waals surface area contributed by atoms with Gasteiger partial charge in [0.05, 0.1) is 0 Å². The summed E-state index contributed by atoms with van der Waals surface area (Å²) < 4.78 is 0. The van der Waals surface area contributed by atoms with Crippen molar-refractivity contribution in [2.24, 2.45) is 0 Å². The monoisotopic (exact) mass is 281 g/mol. The fraction of sp³-hybridized carbons (Fsp3) is 1.00. The zero-order valence-electron chi connectivity index (χ0n) is 7.07. The molecule has 0 amide bonds. The number of aliphatic hydroxyl groups is 4. The maximum absolute atomic E-state index is 7.57. The molecule has 1 radical (unpaired) electrons. The first-order valence-electron chi connectivity index (χ1n) is 2.36. The Kier molecular flexibility index (Phi) is 604. The van der Waals surface area contributed by atoms with E-state index in [1.807, 2.05) is 0 Å². The summed E-state index contributed by atoms with van der Waals surface area (Å²) in [6.07, 6.45) is 0. The third-order valence-electron chi connectivity index (χ3n) is 0. The van der Waals surface area contributed by atoms with E-state index in [-0.39, 0.29) is 42.2 Å². The molecular formula is C5H18LaO4. The molecule has 0 aliphatic heterocycles. The molecule has 4 N–H and O–H groups in total. The average molecular weight is 281 g/mol. The van der Waals surface area contributed by atoms with Gasteiger partial charge in [0.15, 0.2) is 0 Å². The SMILES string of the molecule is CCO.CO.CO.CO.[La]. The van der Waals surface area contributed by atoms with E-state index in [4.69, 9.17) is 20.4 Å². The van der Waals surface area contributed by atoms with Crippen LogP contribution in [0.15, 0.2) is 0 Å². The van der Waals surface area contributed by atoms with Gasteiger partial charge in [0, 0.05) is 63.5 Å². The van der Waals surface area contributed by atoms with Crippen LogP contribution >= 0.6 is 0 Å². The molecule has 0 spiro atoms. The van der Waals surface area contributed by atoms with Gasteiger partial charge in [-0.2, -0.15) is 0 Å². The van der Waals surface area contributed by atoms with Crippen molar-refractivity contribution in [2.45, 2.75) is 6.92 Å². The van der Waals surface area contributed by atoms with Gasteiger partial charge in [-0.1, -0.05) is 0 Å². The van der Waals surface area contributed by atoms with Crippen molar-refractivity contribution in [3.63, 3.8) is 0 Å². The van der Waals surface area contributed by atoms with Gasteiger partial charge in [0.1, 0.15) is 0 Å². The maximum Gasteiger partial charge on any atom is 0.0402 e. The van der Waals surface area contributed by atoms with E-state index < -0.39 is 0 Å². The number of hydrogen-bond acceptors (Lipinski definition) is 4. The van der Waals surface area contributed by atoms with Crippen molar-refractivity contribution in [1.29, 1.82) is 0 Å². The van der Waals surface area contributed by atoms with Crippen molar-refractivity contribution in [3.8, 4) is 0 Å². The van der Waals surface area contributed by atoms with E-state index in [1.54, 1.807) is 6.92 Å². The minimum Gasteiger partial charge on any atom is -0.400 e. The molecule has 0 aromatic heterocycles. The summed E-state index contributed by atoms with van der Waals surface area (Å²) in [5, 5.41) is 28.6. The quantitative estimate of drug-likeness (QED) is 0.451. The molecule has 5 heteroatoms. The summed E-state index contributed by atoms with van der Waals surface area (Å²) in [5.74, 6) is 0. The molecule has 0 atom stereocenters. The fourth-order valence-corrected chi connectivity index (χ4v) is 0. The summed E-state index contributed by atoms with van der Waals surface area (Å²) >= 11 is 0. The van der Waals surface area contributed by atoms with E-state index in [2.05, 4.69) is 0 Å². The second-order valence-electron chi connectivity index (χ2n) is 0.316. The molecule has 0 rings (SSSR count). The third-order valence-corrected chi connectivity index (χ3v) is 0. The first kappa shape index (κ1) is 30.5. The summed E-state index contributed by atoms with van der Waals surface area (Å²) in [5.41, 5.74) is 0. The van der Waals surface area contributed by atoms with Crippen LogP contribution < -0.4 is 0 Å². The normalized spacial score (nSPS) is 3.60. The standard InChI is InChI=1S/C2H6O.3CH4O.La/c1-2-3;3*1-2;/h3H,2H2,1H3;3*2H,1H3;. The largest absolute Gasteiger partial charge is 0.400 e. The minimum atomic E-state index is 0. The van der Waals surface area contributed by atoms with Gasteiger partial charge in [-0.3, -0.25) is 0 Å². The molecule has 0 aromatic rings. The Morgan fingerprint density at radius 1 is 0.800 bits per heavy atom. The molecule has 0 aliphatic rings. The average Bonchev–Trinajstić information content (AvgIpc) is 2.01. The van der Waals surface area contributed by atoms with Gasteiger partial charge in [-0.05, 0) is 6.92 Å². The van der Waals surface area contributed by atoms with Crippen molar-refractivity contribution in [1.82, 2.24) is 0 Å². The van der Waals surface area contributed by atoms with Crippen LogP contribution in [0.25, 0.3) is 0 Å².